The zero-order valence-corrected chi connectivity index (χ0v) is 21.1. The zero-order chi connectivity index (χ0) is 28.0. The van der Waals surface area contributed by atoms with Crippen LogP contribution in [0, 0.1) is 5.82 Å². The second kappa shape index (κ2) is 9.92. The summed E-state index contributed by atoms with van der Waals surface area (Å²) in [5, 5.41) is 8.06. The summed E-state index contributed by atoms with van der Waals surface area (Å²) in [4.78, 5) is 32.7. The smallest absolute Gasteiger partial charge is 0.417 e. The summed E-state index contributed by atoms with van der Waals surface area (Å²) >= 11 is 0. The number of fused-ring (bicyclic) bond motifs is 2. The van der Waals surface area contributed by atoms with Crippen LogP contribution in [0.2, 0.25) is 0 Å². The highest BCUT2D eigenvalue weighted by atomic mass is 19.4. The molecule has 0 atom stereocenters. The minimum Gasteiger partial charge on any atom is -0.492 e. The molecule has 4 aromatic rings. The minimum atomic E-state index is -4.69. The molecule has 40 heavy (non-hydrogen) atoms. The first-order valence-corrected chi connectivity index (χ1v) is 12.7. The highest BCUT2D eigenvalue weighted by Crippen LogP contribution is 2.34. The number of rotatable bonds is 4. The molecule has 4 heterocycles. The Labute approximate surface area is 225 Å². The normalized spacial score (nSPS) is 15.3. The molecule has 1 N–H and O–H groups in total. The van der Waals surface area contributed by atoms with Gasteiger partial charge in [0.25, 0.3) is 11.5 Å². The van der Waals surface area contributed by atoms with Crippen molar-refractivity contribution >= 4 is 22.5 Å². The predicted octanol–water partition coefficient (Wildman–Crippen LogP) is 3.96. The summed E-state index contributed by atoms with van der Waals surface area (Å²) in [6.07, 6.45) is -3.04. The summed E-state index contributed by atoms with van der Waals surface area (Å²) in [5.74, 6) is -0.949. The number of hydrogen-bond acceptors (Lipinski definition) is 6. The first-order chi connectivity index (χ1) is 19.2. The molecule has 1 amide bonds. The Morgan fingerprint density at radius 1 is 1.05 bits per heavy atom. The van der Waals surface area contributed by atoms with Gasteiger partial charge in [-0.2, -0.15) is 18.3 Å². The highest BCUT2D eigenvalue weighted by molar-refractivity contribution is 5.98. The molecule has 2 aliphatic heterocycles. The number of aromatic amines is 1. The van der Waals surface area contributed by atoms with Crippen LogP contribution in [0.15, 0.2) is 53.5 Å². The molecular weight excluding hydrogens is 530 g/mol. The molecule has 1 fully saturated rings. The molecule has 206 valence electrons. The molecule has 0 bridgehead atoms. The maximum Gasteiger partial charge on any atom is 0.417 e. The fourth-order valence-corrected chi connectivity index (χ4v) is 5.24. The number of piperazine rings is 1. The summed E-state index contributed by atoms with van der Waals surface area (Å²) in [6.45, 7) is 1.32. The molecule has 12 heteroatoms. The first kappa shape index (κ1) is 25.8. The van der Waals surface area contributed by atoms with Crippen LogP contribution in [0.1, 0.15) is 32.7 Å². The average Bonchev–Trinajstić information content (AvgIpc) is 3.42. The third-order valence-electron chi connectivity index (χ3n) is 7.24. The van der Waals surface area contributed by atoms with Crippen LogP contribution < -0.4 is 15.2 Å². The summed E-state index contributed by atoms with van der Waals surface area (Å²) in [7, 11) is 0. The van der Waals surface area contributed by atoms with E-state index in [0.717, 1.165) is 16.5 Å². The van der Waals surface area contributed by atoms with E-state index in [2.05, 4.69) is 15.2 Å². The van der Waals surface area contributed by atoms with Crippen LogP contribution in [-0.4, -0.2) is 58.8 Å². The Morgan fingerprint density at radius 3 is 2.52 bits per heavy atom. The van der Waals surface area contributed by atoms with E-state index < -0.39 is 17.6 Å². The van der Waals surface area contributed by atoms with Gasteiger partial charge in [0.2, 0.25) is 0 Å². The van der Waals surface area contributed by atoms with Crippen molar-refractivity contribution in [2.75, 3.05) is 37.7 Å². The molecule has 6 rings (SSSR count). The van der Waals surface area contributed by atoms with Crippen LogP contribution in [-0.2, 0) is 19.0 Å². The number of nitrogens with one attached hydrogen (secondary N) is 1. The molecule has 2 aliphatic rings. The number of aromatic nitrogens is 3. The Kier molecular flexibility index (Phi) is 6.40. The highest BCUT2D eigenvalue weighted by Gasteiger charge is 2.33. The van der Waals surface area contributed by atoms with Gasteiger partial charge in [-0.25, -0.2) is 14.5 Å². The van der Waals surface area contributed by atoms with Gasteiger partial charge in [-0.1, -0.05) is 24.3 Å². The van der Waals surface area contributed by atoms with Gasteiger partial charge in [-0.3, -0.25) is 9.59 Å². The van der Waals surface area contributed by atoms with E-state index >= 15 is 0 Å². The van der Waals surface area contributed by atoms with Crippen LogP contribution in [0.5, 0.6) is 5.75 Å². The number of amides is 1. The lowest BCUT2D eigenvalue weighted by Crippen LogP contribution is -2.49. The quantitative estimate of drug-likeness (QED) is 0.385. The molecule has 0 saturated carbocycles. The lowest BCUT2D eigenvalue weighted by atomic mass is 9.98. The number of nitrogens with zero attached hydrogens (tertiary/aromatic N) is 4. The third-order valence-corrected chi connectivity index (χ3v) is 7.24. The van der Waals surface area contributed by atoms with Crippen molar-refractivity contribution in [1.29, 1.82) is 0 Å². The molecule has 1 saturated heterocycles. The molecular formula is C28H23F4N5O3. The molecule has 2 aromatic carbocycles. The number of H-pyrrole nitrogens is 1. The number of halogens is 4. The van der Waals surface area contributed by atoms with E-state index in [0.29, 0.717) is 54.1 Å². The summed E-state index contributed by atoms with van der Waals surface area (Å²) < 4.78 is 58.9. The number of carbonyl (C=O) groups excluding carboxylic acids is 1. The molecule has 8 nitrogen and oxygen atoms in total. The van der Waals surface area contributed by atoms with Gasteiger partial charge in [0.15, 0.2) is 11.6 Å². The summed E-state index contributed by atoms with van der Waals surface area (Å²) in [6, 6.07) is 11.4. The largest absolute Gasteiger partial charge is 0.492 e. The van der Waals surface area contributed by atoms with E-state index in [1.165, 1.54) is 4.90 Å². The van der Waals surface area contributed by atoms with Gasteiger partial charge in [0.1, 0.15) is 5.75 Å². The standard InChI is InChI=1S/C28H23F4N5O3/c29-22-14-18(28(30,31)32)15-33-25(22)36-6-8-37(9-7-36)27(39)21-12-16(11-17-5-10-40-24(17)21)13-23-19-3-1-2-4-20(19)26(38)35-34-23/h1-4,11-12,14-15H,5-10,13H2,(H,35,38). The SMILES string of the molecule is O=C(c1cc(Cc2n[nH]c(=O)c3ccccc23)cc2c1OCC2)N1CCN(c2ncc(C(F)(F)F)cc2F)CC1. The number of pyridine rings is 1. The van der Waals surface area contributed by atoms with Crippen LogP contribution in [0.3, 0.4) is 0 Å². The van der Waals surface area contributed by atoms with Crippen LogP contribution in [0.25, 0.3) is 10.8 Å². The van der Waals surface area contributed by atoms with Crippen LogP contribution >= 0.6 is 0 Å². The Balaban J connectivity index is 1.22. The van der Waals surface area contributed by atoms with E-state index in [4.69, 9.17) is 4.74 Å². The van der Waals surface area contributed by atoms with Crippen LogP contribution in [0.4, 0.5) is 23.4 Å². The monoisotopic (exact) mass is 553 g/mol. The van der Waals surface area contributed by atoms with Crippen molar-refractivity contribution in [3.05, 3.63) is 92.8 Å². The van der Waals surface area contributed by atoms with Gasteiger partial charge in [-0.15, -0.1) is 0 Å². The second-order valence-corrected chi connectivity index (χ2v) is 9.76. The lowest BCUT2D eigenvalue weighted by molar-refractivity contribution is -0.138. The predicted molar refractivity (Wildman–Crippen MR) is 138 cm³/mol. The van der Waals surface area contributed by atoms with Gasteiger partial charge in [0, 0.05) is 50.6 Å². The maximum absolute atomic E-state index is 14.5. The van der Waals surface area contributed by atoms with E-state index in [1.54, 1.807) is 23.1 Å². The molecule has 2 aromatic heterocycles. The van der Waals surface area contributed by atoms with E-state index in [1.807, 2.05) is 18.2 Å². The number of hydrogen-bond donors (Lipinski definition) is 1. The van der Waals surface area contributed by atoms with Crippen molar-refractivity contribution < 1.29 is 27.1 Å². The molecule has 0 radical (unpaired) electrons. The third kappa shape index (κ3) is 4.74. The van der Waals surface area contributed by atoms with Gasteiger partial charge in [0.05, 0.1) is 28.8 Å². The first-order valence-electron chi connectivity index (χ1n) is 12.7. The van der Waals surface area contributed by atoms with E-state index in [-0.39, 0.29) is 43.5 Å². The van der Waals surface area contributed by atoms with Crippen molar-refractivity contribution in [3.63, 3.8) is 0 Å². The van der Waals surface area contributed by atoms with Crippen molar-refractivity contribution in [2.24, 2.45) is 0 Å². The molecule has 0 spiro atoms. The van der Waals surface area contributed by atoms with Gasteiger partial charge >= 0.3 is 6.18 Å². The molecule has 0 aliphatic carbocycles. The number of benzene rings is 2. The average molecular weight is 554 g/mol. The fourth-order valence-electron chi connectivity index (χ4n) is 5.24. The maximum atomic E-state index is 14.5. The lowest BCUT2D eigenvalue weighted by Gasteiger charge is -2.35. The van der Waals surface area contributed by atoms with Gasteiger partial charge in [-0.05, 0) is 29.3 Å². The topological polar surface area (TPSA) is 91.4 Å². The molecule has 0 unspecified atom stereocenters. The van der Waals surface area contributed by atoms with E-state index in [9.17, 15) is 27.2 Å². The fraction of sp³-hybridized carbons (Fsp3) is 0.286. The van der Waals surface area contributed by atoms with Crippen molar-refractivity contribution in [3.8, 4) is 5.75 Å². The van der Waals surface area contributed by atoms with Crippen molar-refractivity contribution in [1.82, 2.24) is 20.1 Å². The second-order valence-electron chi connectivity index (χ2n) is 9.76. The number of anilines is 1. The number of carbonyl (C=O) groups is 1. The minimum absolute atomic E-state index is 0.174. The van der Waals surface area contributed by atoms with Crippen molar-refractivity contribution in [2.45, 2.75) is 19.0 Å². The number of ether oxygens (including phenoxy) is 1. The van der Waals surface area contributed by atoms with Gasteiger partial charge < -0.3 is 14.5 Å². The number of alkyl halides is 3. The Morgan fingerprint density at radius 2 is 1.80 bits per heavy atom. The Hall–Kier alpha value is -4.48. The zero-order valence-electron chi connectivity index (χ0n) is 21.1. The Bertz CT molecular complexity index is 1680. The summed E-state index contributed by atoms with van der Waals surface area (Å²) in [5.41, 5.74) is 1.40.